The highest BCUT2D eigenvalue weighted by Gasteiger charge is 2.14. The number of rotatable bonds is 8. The van der Waals surface area contributed by atoms with Gasteiger partial charge >= 0.3 is 0 Å². The van der Waals surface area contributed by atoms with Crippen molar-refractivity contribution in [3.63, 3.8) is 0 Å². The molecule has 0 atom stereocenters. The van der Waals surface area contributed by atoms with E-state index >= 15 is 0 Å². The lowest BCUT2D eigenvalue weighted by molar-refractivity contribution is -0.119. The molecule has 176 valence electrons. The molecule has 3 aromatic carbocycles. The fourth-order valence-electron chi connectivity index (χ4n) is 3.57. The zero-order valence-electron chi connectivity index (χ0n) is 18.6. The van der Waals surface area contributed by atoms with Crippen LogP contribution in [0.5, 0.6) is 5.75 Å². The van der Waals surface area contributed by atoms with E-state index in [4.69, 9.17) is 21.1 Å². The molecule has 34 heavy (non-hydrogen) atoms. The first-order valence-electron chi connectivity index (χ1n) is 11.0. The molecule has 2 N–H and O–H groups in total. The van der Waals surface area contributed by atoms with E-state index in [9.17, 15) is 9.59 Å². The molecule has 0 unspecified atom stereocenters. The molecule has 0 radical (unpaired) electrons. The normalized spacial score (nSPS) is 13.8. The molecule has 4 rings (SSSR count). The summed E-state index contributed by atoms with van der Waals surface area (Å²) in [5.41, 5.74) is 3.29. The third kappa shape index (κ3) is 6.81. The van der Waals surface area contributed by atoms with Crippen LogP contribution in [0.25, 0.3) is 11.1 Å². The van der Waals surface area contributed by atoms with Gasteiger partial charge in [-0.15, -0.1) is 0 Å². The number of benzene rings is 3. The number of hydrogen-bond acceptors (Lipinski definition) is 5. The van der Waals surface area contributed by atoms with Crippen LogP contribution >= 0.6 is 11.6 Å². The number of hydrogen-bond donors (Lipinski definition) is 2. The summed E-state index contributed by atoms with van der Waals surface area (Å²) in [6, 6.07) is 22.3. The maximum absolute atomic E-state index is 12.3. The molecule has 3 aromatic rings. The summed E-state index contributed by atoms with van der Waals surface area (Å²) in [4.78, 5) is 26.6. The topological polar surface area (TPSA) is 79.9 Å². The number of nitrogens with zero attached hydrogens (tertiary/aromatic N) is 1. The first-order valence-corrected chi connectivity index (χ1v) is 11.4. The number of carbonyl (C=O) groups is 2. The molecule has 0 saturated carbocycles. The van der Waals surface area contributed by atoms with Crippen molar-refractivity contribution in [1.29, 1.82) is 0 Å². The molecule has 8 heteroatoms. The van der Waals surface area contributed by atoms with Gasteiger partial charge in [-0.1, -0.05) is 48.0 Å². The molecule has 7 nitrogen and oxygen atoms in total. The largest absolute Gasteiger partial charge is 0.482 e. The average Bonchev–Trinajstić information content (AvgIpc) is 2.85. The van der Waals surface area contributed by atoms with Crippen LogP contribution in [0.3, 0.4) is 0 Å². The molecule has 1 aliphatic heterocycles. The van der Waals surface area contributed by atoms with Crippen LogP contribution in [0.2, 0.25) is 5.02 Å². The van der Waals surface area contributed by atoms with Crippen LogP contribution < -0.4 is 15.4 Å². The van der Waals surface area contributed by atoms with E-state index in [2.05, 4.69) is 15.5 Å². The maximum Gasteiger partial charge on any atom is 0.262 e. The van der Waals surface area contributed by atoms with Gasteiger partial charge in [0.15, 0.2) is 6.61 Å². The Morgan fingerprint density at radius 1 is 0.853 bits per heavy atom. The summed E-state index contributed by atoms with van der Waals surface area (Å²) in [6.07, 6.45) is 0. The molecule has 1 fully saturated rings. The Hall–Kier alpha value is -3.39. The predicted molar refractivity (Wildman–Crippen MR) is 133 cm³/mol. The zero-order valence-corrected chi connectivity index (χ0v) is 19.4. The van der Waals surface area contributed by atoms with E-state index in [0.29, 0.717) is 41.9 Å². The van der Waals surface area contributed by atoms with Crippen LogP contribution in [0.4, 0.5) is 11.4 Å². The second kappa shape index (κ2) is 11.7. The minimum absolute atomic E-state index is 0.0813. The molecule has 1 heterocycles. The fourth-order valence-corrected chi connectivity index (χ4v) is 3.80. The van der Waals surface area contributed by atoms with E-state index in [1.54, 1.807) is 30.3 Å². The Bertz CT molecular complexity index is 1120. The van der Waals surface area contributed by atoms with Crippen molar-refractivity contribution in [2.24, 2.45) is 0 Å². The minimum atomic E-state index is -0.313. The lowest BCUT2D eigenvalue weighted by atomic mass is 10.1. The number of amides is 2. The Labute approximate surface area is 203 Å². The lowest BCUT2D eigenvalue weighted by Gasteiger charge is -2.25. The highest BCUT2D eigenvalue weighted by molar-refractivity contribution is 6.32. The van der Waals surface area contributed by atoms with Crippen molar-refractivity contribution in [1.82, 2.24) is 4.90 Å². The van der Waals surface area contributed by atoms with Crippen LogP contribution in [-0.4, -0.2) is 56.2 Å². The number of ether oxygens (including phenoxy) is 2. The van der Waals surface area contributed by atoms with Crippen molar-refractivity contribution in [3.05, 3.63) is 77.8 Å². The van der Waals surface area contributed by atoms with Crippen molar-refractivity contribution >= 4 is 34.8 Å². The Kier molecular flexibility index (Phi) is 8.14. The van der Waals surface area contributed by atoms with Gasteiger partial charge in [-0.3, -0.25) is 14.5 Å². The monoisotopic (exact) mass is 479 g/mol. The summed E-state index contributed by atoms with van der Waals surface area (Å²) in [5.74, 6) is 0.0457. The molecule has 0 spiro atoms. The summed E-state index contributed by atoms with van der Waals surface area (Å²) in [5, 5.41) is 6.08. The molecule has 1 aliphatic rings. The number of morpholine rings is 1. The first kappa shape index (κ1) is 23.8. The number of anilines is 2. The molecule has 0 aromatic heterocycles. The van der Waals surface area contributed by atoms with Gasteiger partial charge in [0.25, 0.3) is 5.91 Å². The van der Waals surface area contributed by atoms with Gasteiger partial charge < -0.3 is 20.1 Å². The molecular weight excluding hydrogens is 454 g/mol. The van der Waals surface area contributed by atoms with Crippen molar-refractivity contribution < 1.29 is 19.1 Å². The lowest BCUT2D eigenvalue weighted by Crippen LogP contribution is -2.41. The van der Waals surface area contributed by atoms with Gasteiger partial charge in [0.1, 0.15) is 5.75 Å². The van der Waals surface area contributed by atoms with Gasteiger partial charge in [0.2, 0.25) is 5.91 Å². The van der Waals surface area contributed by atoms with Crippen molar-refractivity contribution in [3.8, 4) is 16.9 Å². The molecule has 0 aliphatic carbocycles. The van der Waals surface area contributed by atoms with Crippen LogP contribution in [0.15, 0.2) is 72.8 Å². The van der Waals surface area contributed by atoms with Gasteiger partial charge in [-0.2, -0.15) is 0 Å². The zero-order chi connectivity index (χ0) is 23.8. The van der Waals surface area contributed by atoms with Gasteiger partial charge in [0, 0.05) is 24.5 Å². The summed E-state index contributed by atoms with van der Waals surface area (Å²) in [6.45, 7) is 2.95. The quantitative estimate of drug-likeness (QED) is 0.503. The molecular formula is C26H26ClN3O4. The number of halogens is 1. The van der Waals surface area contributed by atoms with E-state index in [1.165, 1.54) is 0 Å². The van der Waals surface area contributed by atoms with Crippen LogP contribution in [-0.2, 0) is 14.3 Å². The van der Waals surface area contributed by atoms with Crippen LogP contribution in [0, 0.1) is 0 Å². The van der Waals surface area contributed by atoms with Gasteiger partial charge in [-0.25, -0.2) is 0 Å². The summed E-state index contributed by atoms with van der Waals surface area (Å²) < 4.78 is 10.9. The molecule has 2 amide bonds. The number of nitrogens with one attached hydrogen (secondary N) is 2. The summed E-state index contributed by atoms with van der Waals surface area (Å²) >= 11 is 6.34. The maximum atomic E-state index is 12.3. The molecule has 1 saturated heterocycles. The van der Waals surface area contributed by atoms with Crippen molar-refractivity contribution in [2.45, 2.75) is 0 Å². The van der Waals surface area contributed by atoms with E-state index in [-0.39, 0.29) is 18.4 Å². The predicted octanol–water partition coefficient (Wildman–Crippen LogP) is 4.30. The highest BCUT2D eigenvalue weighted by Crippen LogP contribution is 2.30. The first-order chi connectivity index (χ1) is 16.6. The second-order valence-electron chi connectivity index (χ2n) is 7.86. The van der Waals surface area contributed by atoms with E-state index in [1.807, 2.05) is 42.5 Å². The fraction of sp³-hybridized carbons (Fsp3) is 0.231. The Morgan fingerprint density at radius 2 is 1.50 bits per heavy atom. The third-order valence-electron chi connectivity index (χ3n) is 5.32. The second-order valence-corrected chi connectivity index (χ2v) is 8.27. The Balaban J connectivity index is 1.24. The SMILES string of the molecule is O=C(COc1ccc(-c2ccccc2)cc1Cl)Nc1ccc(NC(=O)CN2CCOCC2)cc1. The van der Waals surface area contributed by atoms with Crippen molar-refractivity contribution in [2.75, 3.05) is 50.1 Å². The average molecular weight is 480 g/mol. The van der Waals surface area contributed by atoms with E-state index in [0.717, 1.165) is 24.2 Å². The third-order valence-corrected chi connectivity index (χ3v) is 5.62. The minimum Gasteiger partial charge on any atom is -0.482 e. The number of carbonyl (C=O) groups excluding carboxylic acids is 2. The standard InChI is InChI=1S/C26H26ClN3O4/c27-23-16-20(19-4-2-1-3-5-19)6-11-24(23)34-18-26(32)29-22-9-7-21(8-10-22)28-25(31)17-30-12-14-33-15-13-30/h1-11,16H,12-15,17-18H2,(H,28,31)(H,29,32). The van der Waals surface area contributed by atoms with Gasteiger partial charge in [-0.05, 0) is 47.5 Å². The summed E-state index contributed by atoms with van der Waals surface area (Å²) in [7, 11) is 0. The van der Waals surface area contributed by atoms with Crippen LogP contribution in [0.1, 0.15) is 0 Å². The Morgan fingerprint density at radius 3 is 2.15 bits per heavy atom. The van der Waals surface area contributed by atoms with E-state index < -0.39 is 0 Å². The highest BCUT2D eigenvalue weighted by atomic mass is 35.5. The molecule has 0 bridgehead atoms. The van der Waals surface area contributed by atoms with Gasteiger partial charge in [0.05, 0.1) is 24.8 Å². The smallest absolute Gasteiger partial charge is 0.262 e.